The summed E-state index contributed by atoms with van der Waals surface area (Å²) in [5, 5.41) is 4.72. The second-order valence-electron chi connectivity index (χ2n) is 9.19. The van der Waals surface area contributed by atoms with E-state index >= 15 is 0 Å². The van der Waals surface area contributed by atoms with Crippen molar-refractivity contribution >= 4 is 58.4 Å². The summed E-state index contributed by atoms with van der Waals surface area (Å²) >= 11 is 20.2. The van der Waals surface area contributed by atoms with Crippen LogP contribution in [-0.2, 0) is 28.3 Å². The zero-order valence-electron chi connectivity index (χ0n) is 20.9. The Kier molecular flexibility index (Phi) is 11.7. The van der Waals surface area contributed by atoms with Gasteiger partial charge in [0.1, 0.15) is 6.04 Å². The third-order valence-corrected chi connectivity index (χ3v) is 7.67. The number of rotatable bonds is 12. The van der Waals surface area contributed by atoms with E-state index < -0.39 is 6.04 Å². The van der Waals surface area contributed by atoms with Crippen LogP contribution in [0.15, 0.2) is 72.8 Å². The number of amides is 2. The van der Waals surface area contributed by atoms with Crippen LogP contribution in [0.4, 0.5) is 0 Å². The summed E-state index contributed by atoms with van der Waals surface area (Å²) in [7, 11) is 0. The molecule has 4 nitrogen and oxygen atoms in total. The number of nitrogens with zero attached hydrogens (tertiary/aromatic N) is 1. The Balaban J connectivity index is 1.86. The smallest absolute Gasteiger partial charge is 0.243 e. The lowest BCUT2D eigenvalue weighted by Gasteiger charge is -2.32. The first kappa shape index (κ1) is 29.4. The van der Waals surface area contributed by atoms with Crippen molar-refractivity contribution < 1.29 is 9.59 Å². The highest BCUT2D eigenvalue weighted by atomic mass is 35.5. The van der Waals surface area contributed by atoms with Gasteiger partial charge in [0.15, 0.2) is 0 Å². The van der Waals surface area contributed by atoms with Gasteiger partial charge in [0.05, 0.1) is 5.75 Å². The molecule has 0 spiro atoms. The van der Waals surface area contributed by atoms with E-state index in [4.69, 9.17) is 34.8 Å². The number of nitrogens with one attached hydrogen (secondary N) is 1. The third-order valence-electron chi connectivity index (χ3n) is 5.75. The number of hydrogen-bond donors (Lipinski definition) is 1. The molecule has 0 aromatic heterocycles. The number of carbonyl (C=O) groups is 2. The van der Waals surface area contributed by atoms with Gasteiger partial charge in [0, 0.05) is 40.3 Å². The van der Waals surface area contributed by atoms with Crippen LogP contribution < -0.4 is 5.32 Å². The molecule has 1 N–H and O–H groups in total. The first-order valence-corrected chi connectivity index (χ1v) is 14.4. The first-order chi connectivity index (χ1) is 17.7. The molecule has 0 saturated heterocycles. The second kappa shape index (κ2) is 14.7. The molecule has 196 valence electrons. The van der Waals surface area contributed by atoms with Crippen LogP contribution >= 0.6 is 46.6 Å². The lowest BCUT2D eigenvalue weighted by molar-refractivity contribution is -0.139. The van der Waals surface area contributed by atoms with E-state index in [0.717, 1.165) is 16.7 Å². The van der Waals surface area contributed by atoms with Crippen LogP contribution in [-0.4, -0.2) is 35.1 Å². The van der Waals surface area contributed by atoms with Gasteiger partial charge < -0.3 is 10.2 Å². The van der Waals surface area contributed by atoms with Gasteiger partial charge in [-0.25, -0.2) is 0 Å². The van der Waals surface area contributed by atoms with Crippen molar-refractivity contribution in [3.8, 4) is 0 Å². The van der Waals surface area contributed by atoms with Gasteiger partial charge in [0.25, 0.3) is 0 Å². The Bertz CT molecular complexity index is 1190. The molecule has 0 heterocycles. The van der Waals surface area contributed by atoms with E-state index in [-0.39, 0.29) is 30.0 Å². The standard InChI is InChI=1S/C29H31Cl3N2O2S/c1-20(2)16-33-29(36)27(14-21-8-4-3-5-9-21)34(17-22-10-6-7-11-25(22)31)28(35)19-37-18-23-12-13-24(30)15-26(23)32/h3-13,15,20,27H,14,16-19H2,1-2H3,(H,33,36). The fraction of sp³-hybridized carbons (Fsp3) is 0.310. The second-order valence-corrected chi connectivity index (χ2v) is 11.4. The van der Waals surface area contributed by atoms with Crippen molar-refractivity contribution in [2.75, 3.05) is 12.3 Å². The molecule has 0 aliphatic heterocycles. The molecule has 0 radical (unpaired) electrons. The molecule has 0 saturated carbocycles. The van der Waals surface area contributed by atoms with Crippen LogP contribution in [0.2, 0.25) is 15.1 Å². The van der Waals surface area contributed by atoms with Gasteiger partial charge in [-0.3, -0.25) is 9.59 Å². The average Bonchev–Trinajstić information content (AvgIpc) is 2.87. The molecule has 3 rings (SSSR count). The summed E-state index contributed by atoms with van der Waals surface area (Å²) < 4.78 is 0. The summed E-state index contributed by atoms with van der Waals surface area (Å²) in [5.41, 5.74) is 2.67. The topological polar surface area (TPSA) is 49.4 Å². The molecule has 0 bridgehead atoms. The molecule has 37 heavy (non-hydrogen) atoms. The highest BCUT2D eigenvalue weighted by Gasteiger charge is 2.30. The molecule has 3 aromatic rings. The molecule has 2 amide bonds. The fourth-order valence-electron chi connectivity index (χ4n) is 3.76. The number of hydrogen-bond acceptors (Lipinski definition) is 3. The van der Waals surface area contributed by atoms with Crippen LogP contribution in [0.3, 0.4) is 0 Å². The van der Waals surface area contributed by atoms with E-state index in [9.17, 15) is 9.59 Å². The minimum atomic E-state index is -0.690. The zero-order valence-corrected chi connectivity index (χ0v) is 24.0. The van der Waals surface area contributed by atoms with Crippen LogP contribution in [0.1, 0.15) is 30.5 Å². The number of thioether (sulfide) groups is 1. The molecule has 1 unspecified atom stereocenters. The van der Waals surface area contributed by atoms with Crippen molar-refractivity contribution in [2.45, 2.75) is 38.6 Å². The molecule has 3 aromatic carbocycles. The number of benzene rings is 3. The van der Waals surface area contributed by atoms with Gasteiger partial charge in [-0.05, 0) is 40.8 Å². The number of carbonyl (C=O) groups excluding carboxylic acids is 2. The maximum Gasteiger partial charge on any atom is 0.243 e. The summed E-state index contributed by atoms with van der Waals surface area (Å²) in [6.07, 6.45) is 0.397. The van der Waals surface area contributed by atoms with E-state index in [1.165, 1.54) is 11.8 Å². The van der Waals surface area contributed by atoms with E-state index in [1.807, 2.05) is 68.4 Å². The highest BCUT2D eigenvalue weighted by Crippen LogP contribution is 2.26. The van der Waals surface area contributed by atoms with Crippen molar-refractivity contribution in [1.82, 2.24) is 10.2 Å². The summed E-state index contributed by atoms with van der Waals surface area (Å²) in [5.74, 6) is 0.699. The zero-order chi connectivity index (χ0) is 26.8. The molecular weight excluding hydrogens is 547 g/mol. The third kappa shape index (κ3) is 9.26. The van der Waals surface area contributed by atoms with Crippen LogP contribution in [0, 0.1) is 5.92 Å². The van der Waals surface area contributed by atoms with Crippen molar-refractivity contribution in [2.24, 2.45) is 5.92 Å². The normalized spacial score (nSPS) is 11.8. The maximum absolute atomic E-state index is 13.7. The molecule has 8 heteroatoms. The van der Waals surface area contributed by atoms with Crippen LogP contribution in [0.5, 0.6) is 0 Å². The molecule has 1 atom stereocenters. The van der Waals surface area contributed by atoms with Crippen molar-refractivity contribution in [3.05, 3.63) is 105 Å². The molecule has 0 fully saturated rings. The maximum atomic E-state index is 13.7. The van der Waals surface area contributed by atoms with Gasteiger partial charge in [-0.1, -0.05) is 103 Å². The summed E-state index contributed by atoms with van der Waals surface area (Å²) in [6, 6.07) is 21.8. The Morgan fingerprint density at radius 1 is 0.892 bits per heavy atom. The lowest BCUT2D eigenvalue weighted by Crippen LogP contribution is -2.51. The van der Waals surface area contributed by atoms with Crippen molar-refractivity contribution in [1.29, 1.82) is 0 Å². The summed E-state index contributed by atoms with van der Waals surface area (Å²) in [4.78, 5) is 28.8. The van der Waals surface area contributed by atoms with Gasteiger partial charge in [0.2, 0.25) is 11.8 Å². The minimum Gasteiger partial charge on any atom is -0.354 e. The Morgan fingerprint density at radius 2 is 1.59 bits per heavy atom. The highest BCUT2D eigenvalue weighted by molar-refractivity contribution is 7.99. The van der Waals surface area contributed by atoms with Gasteiger partial charge >= 0.3 is 0 Å². The first-order valence-electron chi connectivity index (χ1n) is 12.1. The largest absolute Gasteiger partial charge is 0.354 e. The molecule has 0 aliphatic rings. The van der Waals surface area contributed by atoms with Crippen LogP contribution in [0.25, 0.3) is 0 Å². The molecule has 0 aliphatic carbocycles. The predicted octanol–water partition coefficient (Wildman–Crippen LogP) is 7.29. The van der Waals surface area contributed by atoms with Gasteiger partial charge in [-0.15, -0.1) is 11.8 Å². The SMILES string of the molecule is CC(C)CNC(=O)C(Cc1ccccc1)N(Cc1ccccc1Cl)C(=O)CSCc1ccc(Cl)cc1Cl. The Morgan fingerprint density at radius 3 is 2.27 bits per heavy atom. The average molecular weight is 578 g/mol. The van der Waals surface area contributed by atoms with E-state index in [0.29, 0.717) is 33.8 Å². The minimum absolute atomic E-state index is 0.143. The van der Waals surface area contributed by atoms with Gasteiger partial charge in [-0.2, -0.15) is 0 Å². The Hall–Kier alpha value is -2.18. The monoisotopic (exact) mass is 576 g/mol. The van der Waals surface area contributed by atoms with E-state index in [2.05, 4.69) is 5.32 Å². The summed E-state index contributed by atoms with van der Waals surface area (Å²) in [6.45, 7) is 4.84. The quantitative estimate of drug-likeness (QED) is 0.246. The fourth-order valence-corrected chi connectivity index (χ4v) is 5.42. The lowest BCUT2D eigenvalue weighted by atomic mass is 10.0. The molecular formula is C29H31Cl3N2O2S. The number of halogens is 3. The van der Waals surface area contributed by atoms with E-state index in [1.54, 1.807) is 23.1 Å². The Labute approximate surface area is 238 Å². The predicted molar refractivity (Wildman–Crippen MR) is 156 cm³/mol. The van der Waals surface area contributed by atoms with Crippen molar-refractivity contribution in [3.63, 3.8) is 0 Å².